The highest BCUT2D eigenvalue weighted by Gasteiger charge is 2.42. The lowest BCUT2D eigenvalue weighted by Crippen LogP contribution is -2.36. The van der Waals surface area contributed by atoms with Crippen LogP contribution in [-0.4, -0.2) is 64.7 Å². The van der Waals surface area contributed by atoms with Gasteiger partial charge in [0.15, 0.2) is 0 Å². The Kier molecular flexibility index (Phi) is 5.55. The van der Waals surface area contributed by atoms with Crippen LogP contribution in [0, 0.1) is 11.8 Å². The fourth-order valence-electron chi connectivity index (χ4n) is 4.19. The fraction of sp³-hybridized carbons (Fsp3) is 0.450. The number of hydrogen-bond donors (Lipinski definition) is 0. The minimum absolute atomic E-state index is 0.102. The molecule has 0 aliphatic carbocycles. The van der Waals surface area contributed by atoms with Crippen LogP contribution < -0.4 is 4.90 Å². The second-order valence-corrected chi connectivity index (χ2v) is 8.69. The Morgan fingerprint density at radius 1 is 1.14 bits per heavy atom. The minimum Gasteiger partial charge on any atom is -0.322 e. The fourth-order valence-corrected chi connectivity index (χ4v) is 4.51. The van der Waals surface area contributed by atoms with Crippen molar-refractivity contribution in [3.05, 3.63) is 46.2 Å². The van der Waals surface area contributed by atoms with E-state index in [1.54, 1.807) is 13.2 Å². The van der Waals surface area contributed by atoms with Gasteiger partial charge in [-0.05, 0) is 29.5 Å². The highest BCUT2D eigenvalue weighted by molar-refractivity contribution is 6.42. The summed E-state index contributed by atoms with van der Waals surface area (Å²) in [5, 5.41) is 5.29. The number of benzene rings is 1. The van der Waals surface area contributed by atoms with E-state index in [-0.39, 0.29) is 11.9 Å². The third-order valence-corrected chi connectivity index (χ3v) is 6.59. The lowest BCUT2D eigenvalue weighted by Gasteiger charge is -2.21. The first kappa shape index (κ1) is 20.2. The van der Waals surface area contributed by atoms with Crippen LogP contribution in [0.25, 0.3) is 0 Å². The van der Waals surface area contributed by atoms with E-state index in [1.807, 2.05) is 23.1 Å². The zero-order valence-electron chi connectivity index (χ0n) is 16.4. The van der Waals surface area contributed by atoms with Crippen molar-refractivity contribution in [2.45, 2.75) is 13.5 Å². The summed E-state index contributed by atoms with van der Waals surface area (Å²) in [5.74, 6) is 0.808. The molecule has 2 aromatic rings. The molecule has 0 saturated carbocycles. The van der Waals surface area contributed by atoms with Crippen molar-refractivity contribution in [1.82, 2.24) is 19.6 Å². The molecule has 0 N–H and O–H groups in total. The number of amides is 2. The van der Waals surface area contributed by atoms with Crippen LogP contribution in [0.3, 0.4) is 0 Å². The van der Waals surface area contributed by atoms with E-state index in [0.29, 0.717) is 27.6 Å². The average Bonchev–Trinajstić information content (AvgIpc) is 3.38. The van der Waals surface area contributed by atoms with E-state index in [4.69, 9.17) is 23.2 Å². The maximum absolute atomic E-state index is 12.8. The molecule has 2 saturated heterocycles. The number of halogens is 2. The number of fused-ring (bicyclic) bond motifs is 1. The van der Waals surface area contributed by atoms with Crippen LogP contribution in [0.15, 0.2) is 30.6 Å². The van der Waals surface area contributed by atoms with Gasteiger partial charge in [-0.25, -0.2) is 4.79 Å². The highest BCUT2D eigenvalue weighted by atomic mass is 35.5. The molecule has 2 amide bonds. The standard InChI is InChI=1S/C20H23Cl2N5O2/c1-13(28)24(2)17-6-23-27(12-17)20(29)26-10-15-8-25(9-16(15)11-26)7-14-3-4-18(21)19(22)5-14/h3-6,12,15-16H,7-11H2,1-2H3. The van der Waals surface area contributed by atoms with Crippen LogP contribution in [0.1, 0.15) is 12.5 Å². The summed E-state index contributed by atoms with van der Waals surface area (Å²) in [5.41, 5.74) is 1.75. The van der Waals surface area contributed by atoms with Crippen molar-refractivity contribution < 1.29 is 9.59 Å². The number of nitrogens with zero attached hydrogens (tertiary/aromatic N) is 5. The number of hydrogen-bond acceptors (Lipinski definition) is 4. The third-order valence-electron chi connectivity index (χ3n) is 5.85. The number of anilines is 1. The van der Waals surface area contributed by atoms with Gasteiger partial charge < -0.3 is 9.80 Å². The van der Waals surface area contributed by atoms with Gasteiger partial charge in [-0.1, -0.05) is 29.3 Å². The molecule has 154 valence electrons. The first-order valence-corrected chi connectivity index (χ1v) is 10.3. The Balaban J connectivity index is 1.34. The van der Waals surface area contributed by atoms with Gasteiger partial charge in [0.05, 0.1) is 28.1 Å². The summed E-state index contributed by atoms with van der Waals surface area (Å²) in [6.45, 7) is 5.65. The molecule has 2 aliphatic heterocycles. The quantitative estimate of drug-likeness (QED) is 0.742. The van der Waals surface area contributed by atoms with Crippen molar-refractivity contribution in [3.8, 4) is 0 Å². The number of carbonyl (C=O) groups excluding carboxylic acids is 2. The lowest BCUT2D eigenvalue weighted by molar-refractivity contribution is -0.116. The molecule has 29 heavy (non-hydrogen) atoms. The monoisotopic (exact) mass is 435 g/mol. The largest absolute Gasteiger partial charge is 0.344 e. The summed E-state index contributed by atoms with van der Waals surface area (Å²) in [6.07, 6.45) is 3.14. The van der Waals surface area contributed by atoms with Gasteiger partial charge in [-0.2, -0.15) is 9.78 Å². The number of rotatable bonds is 3. The zero-order chi connectivity index (χ0) is 20.7. The van der Waals surface area contributed by atoms with Crippen molar-refractivity contribution in [2.75, 3.05) is 38.1 Å². The van der Waals surface area contributed by atoms with Gasteiger partial charge >= 0.3 is 6.03 Å². The van der Waals surface area contributed by atoms with Crippen molar-refractivity contribution >= 4 is 40.8 Å². The molecule has 2 aliphatic rings. The van der Waals surface area contributed by atoms with Gasteiger partial charge in [-0.3, -0.25) is 9.69 Å². The highest BCUT2D eigenvalue weighted by Crippen LogP contribution is 2.33. The molecule has 0 spiro atoms. The molecule has 1 aromatic carbocycles. The second kappa shape index (κ2) is 7.97. The summed E-state index contributed by atoms with van der Waals surface area (Å²) in [6, 6.07) is 5.61. The smallest absolute Gasteiger partial charge is 0.322 e. The molecule has 2 fully saturated rings. The van der Waals surface area contributed by atoms with Crippen LogP contribution in [0.2, 0.25) is 10.0 Å². The predicted octanol–water partition coefficient (Wildman–Crippen LogP) is 3.20. The Bertz CT molecular complexity index is 933. The van der Waals surface area contributed by atoms with Crippen LogP contribution in [0.4, 0.5) is 10.5 Å². The maximum atomic E-state index is 12.8. The molecule has 9 heteroatoms. The van der Waals surface area contributed by atoms with E-state index >= 15 is 0 Å². The number of likely N-dealkylation sites (tertiary alicyclic amines) is 2. The van der Waals surface area contributed by atoms with Gasteiger partial charge in [-0.15, -0.1) is 0 Å². The minimum atomic E-state index is -0.140. The SMILES string of the molecule is CC(=O)N(C)c1cnn(C(=O)N2CC3CN(Cc4ccc(Cl)c(Cl)c4)CC3C2)c1. The van der Waals surface area contributed by atoms with E-state index in [0.717, 1.165) is 38.3 Å². The first-order chi connectivity index (χ1) is 13.8. The van der Waals surface area contributed by atoms with Crippen molar-refractivity contribution in [3.63, 3.8) is 0 Å². The Labute approximate surface area is 179 Å². The first-order valence-electron chi connectivity index (χ1n) is 9.56. The Morgan fingerprint density at radius 3 is 2.45 bits per heavy atom. The van der Waals surface area contributed by atoms with Crippen LogP contribution in [-0.2, 0) is 11.3 Å². The average molecular weight is 436 g/mol. The Morgan fingerprint density at radius 2 is 1.83 bits per heavy atom. The predicted molar refractivity (Wildman–Crippen MR) is 112 cm³/mol. The molecule has 7 nitrogen and oxygen atoms in total. The summed E-state index contributed by atoms with van der Waals surface area (Å²) in [4.78, 5) is 30.0. The third kappa shape index (κ3) is 4.13. The topological polar surface area (TPSA) is 61.7 Å². The van der Waals surface area contributed by atoms with Crippen LogP contribution >= 0.6 is 23.2 Å². The Hall–Kier alpha value is -2.09. The molecule has 0 radical (unpaired) electrons. The van der Waals surface area contributed by atoms with Gasteiger partial charge in [0, 0.05) is 46.7 Å². The van der Waals surface area contributed by atoms with Crippen molar-refractivity contribution in [2.24, 2.45) is 11.8 Å². The zero-order valence-corrected chi connectivity index (χ0v) is 17.9. The van der Waals surface area contributed by atoms with E-state index in [9.17, 15) is 9.59 Å². The van der Waals surface area contributed by atoms with Crippen LogP contribution in [0.5, 0.6) is 0 Å². The molecule has 1 aromatic heterocycles. The van der Waals surface area contributed by atoms with E-state index in [2.05, 4.69) is 10.00 Å². The summed E-state index contributed by atoms with van der Waals surface area (Å²) < 4.78 is 1.32. The second-order valence-electron chi connectivity index (χ2n) is 7.87. The molecular formula is C20H23Cl2N5O2. The molecule has 4 rings (SSSR count). The number of aromatic nitrogens is 2. The normalized spacial score (nSPS) is 21.4. The molecule has 2 atom stereocenters. The van der Waals surface area contributed by atoms with Gasteiger partial charge in [0.2, 0.25) is 5.91 Å². The maximum Gasteiger partial charge on any atom is 0.344 e. The van der Waals surface area contributed by atoms with E-state index < -0.39 is 0 Å². The molecular weight excluding hydrogens is 413 g/mol. The van der Waals surface area contributed by atoms with Gasteiger partial charge in [0.25, 0.3) is 0 Å². The number of carbonyl (C=O) groups is 2. The molecule has 0 bridgehead atoms. The van der Waals surface area contributed by atoms with Gasteiger partial charge in [0.1, 0.15) is 0 Å². The van der Waals surface area contributed by atoms with E-state index in [1.165, 1.54) is 22.7 Å². The summed E-state index contributed by atoms with van der Waals surface area (Å²) in [7, 11) is 1.66. The van der Waals surface area contributed by atoms with Crippen molar-refractivity contribution in [1.29, 1.82) is 0 Å². The summed E-state index contributed by atoms with van der Waals surface area (Å²) >= 11 is 12.1. The molecule has 3 heterocycles. The molecule has 2 unspecified atom stereocenters. The lowest BCUT2D eigenvalue weighted by atomic mass is 10.0.